The summed E-state index contributed by atoms with van der Waals surface area (Å²) in [5, 5.41) is 11.4. The Balaban J connectivity index is 1.76. The molecule has 8 heteroatoms. The molecule has 2 N–H and O–H groups in total. The second-order valence-corrected chi connectivity index (χ2v) is 5.63. The van der Waals surface area contributed by atoms with Crippen molar-refractivity contribution < 1.29 is 32.6 Å². The van der Waals surface area contributed by atoms with Crippen molar-refractivity contribution in [3.05, 3.63) is 0 Å². The Morgan fingerprint density at radius 1 is 1.00 bits per heavy atom. The van der Waals surface area contributed by atoms with Gasteiger partial charge in [-0.05, 0) is 38.5 Å². The van der Waals surface area contributed by atoms with Gasteiger partial charge < -0.3 is 15.2 Å². The molecule has 0 bridgehead atoms. The van der Waals surface area contributed by atoms with E-state index in [4.69, 9.17) is 9.84 Å². The van der Waals surface area contributed by atoms with E-state index in [-0.39, 0.29) is 38.1 Å². The number of carboxylic acids is 1. The molecule has 1 saturated heterocycles. The molecule has 5 nitrogen and oxygen atoms in total. The molecule has 2 rings (SSSR count). The summed E-state index contributed by atoms with van der Waals surface area (Å²) in [6, 6.07) is -0.288. The molecular formula is C13H18F3NO4. The van der Waals surface area contributed by atoms with Crippen molar-refractivity contribution >= 4 is 11.9 Å². The zero-order valence-electron chi connectivity index (χ0n) is 11.4. The van der Waals surface area contributed by atoms with Crippen LogP contribution in [0.3, 0.4) is 0 Å². The zero-order chi connectivity index (χ0) is 15.6. The molecular weight excluding hydrogens is 291 g/mol. The number of hydrogen-bond donors (Lipinski definition) is 2. The largest absolute Gasteiger partial charge is 0.479 e. The van der Waals surface area contributed by atoms with Gasteiger partial charge in [0.2, 0.25) is 5.91 Å². The monoisotopic (exact) mass is 309 g/mol. The first-order chi connectivity index (χ1) is 9.77. The van der Waals surface area contributed by atoms with Crippen LogP contribution in [0.5, 0.6) is 0 Å². The molecule has 2 fully saturated rings. The van der Waals surface area contributed by atoms with Gasteiger partial charge in [-0.15, -0.1) is 0 Å². The predicted molar refractivity (Wildman–Crippen MR) is 65.5 cm³/mol. The quantitative estimate of drug-likeness (QED) is 0.834. The van der Waals surface area contributed by atoms with E-state index >= 15 is 0 Å². The maximum absolute atomic E-state index is 12.5. The summed E-state index contributed by atoms with van der Waals surface area (Å²) >= 11 is 0. The number of carbonyl (C=O) groups is 2. The maximum atomic E-state index is 12.5. The predicted octanol–water partition coefficient (Wildman–Crippen LogP) is 1.86. The van der Waals surface area contributed by atoms with Crippen molar-refractivity contribution in [3.63, 3.8) is 0 Å². The van der Waals surface area contributed by atoms with Crippen LogP contribution in [0.4, 0.5) is 13.2 Å². The van der Waals surface area contributed by atoms with Gasteiger partial charge in [0.05, 0.1) is 5.92 Å². The van der Waals surface area contributed by atoms with Gasteiger partial charge >= 0.3 is 12.1 Å². The third-order valence-electron chi connectivity index (χ3n) is 4.12. The van der Waals surface area contributed by atoms with E-state index in [9.17, 15) is 22.8 Å². The molecule has 1 aliphatic heterocycles. The van der Waals surface area contributed by atoms with Crippen molar-refractivity contribution in [1.82, 2.24) is 5.32 Å². The Kier molecular flexibility index (Phi) is 4.75. The Hall–Kier alpha value is -1.31. The van der Waals surface area contributed by atoms with E-state index in [1.165, 1.54) is 0 Å². The normalized spacial score (nSPS) is 33.7. The van der Waals surface area contributed by atoms with Crippen molar-refractivity contribution in [3.8, 4) is 0 Å². The highest BCUT2D eigenvalue weighted by Crippen LogP contribution is 2.37. The van der Waals surface area contributed by atoms with Gasteiger partial charge in [-0.25, -0.2) is 4.79 Å². The molecule has 0 spiro atoms. The number of hydrogen-bond acceptors (Lipinski definition) is 3. The molecule has 1 amide bonds. The van der Waals surface area contributed by atoms with Gasteiger partial charge in [-0.1, -0.05) is 0 Å². The summed E-state index contributed by atoms with van der Waals surface area (Å²) in [5.41, 5.74) is 0. The van der Waals surface area contributed by atoms with Crippen LogP contribution in [-0.4, -0.2) is 41.4 Å². The molecule has 1 heterocycles. The fourth-order valence-corrected chi connectivity index (χ4v) is 2.87. The summed E-state index contributed by atoms with van der Waals surface area (Å²) in [6.07, 6.45) is -4.77. The number of carboxylic acid groups (broad SMARTS) is 1. The van der Waals surface area contributed by atoms with Gasteiger partial charge in [0.1, 0.15) is 6.10 Å². The molecule has 2 aliphatic rings. The van der Waals surface area contributed by atoms with Crippen LogP contribution < -0.4 is 5.32 Å². The van der Waals surface area contributed by atoms with Gasteiger partial charge in [0.15, 0.2) is 6.10 Å². The zero-order valence-corrected chi connectivity index (χ0v) is 11.4. The number of aliphatic carboxylic acids is 1. The van der Waals surface area contributed by atoms with Crippen molar-refractivity contribution in [2.75, 3.05) is 0 Å². The fraction of sp³-hybridized carbons (Fsp3) is 0.846. The Labute approximate surface area is 119 Å². The number of rotatable bonds is 3. The molecule has 2 atom stereocenters. The van der Waals surface area contributed by atoms with Crippen LogP contribution >= 0.6 is 0 Å². The Morgan fingerprint density at radius 3 is 2.05 bits per heavy atom. The topological polar surface area (TPSA) is 75.6 Å². The number of carbonyl (C=O) groups excluding carboxylic acids is 1. The van der Waals surface area contributed by atoms with Crippen LogP contribution in [0.1, 0.15) is 38.5 Å². The number of ether oxygens (including phenoxy) is 1. The molecule has 0 aromatic heterocycles. The average Bonchev–Trinajstić information content (AvgIpc) is 2.88. The molecule has 1 aliphatic carbocycles. The first-order valence-electron chi connectivity index (χ1n) is 7.02. The second-order valence-electron chi connectivity index (χ2n) is 5.63. The third-order valence-corrected chi connectivity index (χ3v) is 4.12. The molecule has 1 saturated carbocycles. The second kappa shape index (κ2) is 6.21. The first kappa shape index (κ1) is 16.1. The van der Waals surface area contributed by atoms with E-state index in [0.29, 0.717) is 6.42 Å². The van der Waals surface area contributed by atoms with Gasteiger partial charge in [0.25, 0.3) is 0 Å². The number of halogens is 3. The van der Waals surface area contributed by atoms with Crippen molar-refractivity contribution in [1.29, 1.82) is 0 Å². The summed E-state index contributed by atoms with van der Waals surface area (Å²) in [7, 11) is 0. The number of alkyl halides is 3. The fourth-order valence-electron chi connectivity index (χ4n) is 2.87. The van der Waals surface area contributed by atoms with E-state index in [0.717, 1.165) is 0 Å². The van der Waals surface area contributed by atoms with E-state index < -0.39 is 36.2 Å². The molecule has 0 aromatic rings. The lowest BCUT2D eigenvalue weighted by Crippen LogP contribution is -2.44. The highest BCUT2D eigenvalue weighted by molar-refractivity contribution is 5.82. The highest BCUT2D eigenvalue weighted by atomic mass is 19.4. The van der Waals surface area contributed by atoms with Crippen LogP contribution in [-0.2, 0) is 14.3 Å². The van der Waals surface area contributed by atoms with E-state index in [1.54, 1.807) is 0 Å². The van der Waals surface area contributed by atoms with Crippen molar-refractivity contribution in [2.24, 2.45) is 5.92 Å². The van der Waals surface area contributed by atoms with Crippen LogP contribution in [0, 0.1) is 5.92 Å². The van der Waals surface area contributed by atoms with Crippen LogP contribution in [0.25, 0.3) is 0 Å². The molecule has 120 valence electrons. The minimum atomic E-state index is -4.17. The molecule has 0 aromatic carbocycles. The Bertz CT molecular complexity index is 405. The van der Waals surface area contributed by atoms with E-state index in [2.05, 4.69) is 5.32 Å². The summed E-state index contributed by atoms with van der Waals surface area (Å²) in [6.45, 7) is 0. The smallest absolute Gasteiger partial charge is 0.391 e. The van der Waals surface area contributed by atoms with Gasteiger partial charge in [-0.3, -0.25) is 4.79 Å². The van der Waals surface area contributed by atoms with Crippen molar-refractivity contribution in [2.45, 2.75) is 63.0 Å². The number of amides is 1. The molecule has 0 radical (unpaired) electrons. The minimum absolute atomic E-state index is 0.0116. The molecule has 21 heavy (non-hydrogen) atoms. The lowest BCUT2D eigenvalue weighted by molar-refractivity contribution is -0.182. The third kappa shape index (κ3) is 4.09. The Morgan fingerprint density at radius 2 is 1.57 bits per heavy atom. The standard InChI is InChI=1S/C13H18F3NO4/c14-13(15,16)7-1-3-8(4-2-7)17-11(18)9-5-6-10(21-9)12(19)20/h7-10H,1-6H2,(H,17,18)(H,19,20). The van der Waals surface area contributed by atoms with Gasteiger partial charge in [-0.2, -0.15) is 13.2 Å². The highest BCUT2D eigenvalue weighted by Gasteiger charge is 2.42. The minimum Gasteiger partial charge on any atom is -0.479 e. The van der Waals surface area contributed by atoms with Gasteiger partial charge in [0, 0.05) is 6.04 Å². The van der Waals surface area contributed by atoms with E-state index in [1.807, 2.05) is 0 Å². The summed E-state index contributed by atoms with van der Waals surface area (Å²) in [5.74, 6) is -2.81. The summed E-state index contributed by atoms with van der Waals surface area (Å²) in [4.78, 5) is 22.6. The average molecular weight is 309 g/mol. The van der Waals surface area contributed by atoms with Crippen LogP contribution in [0.15, 0.2) is 0 Å². The lowest BCUT2D eigenvalue weighted by Gasteiger charge is -2.30. The van der Waals surface area contributed by atoms with Crippen LogP contribution in [0.2, 0.25) is 0 Å². The molecule has 2 unspecified atom stereocenters. The maximum Gasteiger partial charge on any atom is 0.391 e. The number of nitrogens with one attached hydrogen (secondary N) is 1. The first-order valence-corrected chi connectivity index (χ1v) is 7.02. The summed E-state index contributed by atoms with van der Waals surface area (Å²) < 4.78 is 42.7. The lowest BCUT2D eigenvalue weighted by atomic mass is 9.85. The SMILES string of the molecule is O=C(O)C1CCC(C(=O)NC2CCC(C(F)(F)F)CC2)O1.